The van der Waals surface area contributed by atoms with Crippen LogP contribution in [-0.4, -0.2) is 77.4 Å². The summed E-state index contributed by atoms with van der Waals surface area (Å²) < 4.78 is 7.55. The molecule has 1 N–H and O–H groups in total. The Morgan fingerprint density at radius 2 is 1.78 bits per heavy atom. The number of carbonyl (C=O) groups excluding carboxylic acids is 1. The number of aromatic nitrogens is 4. The molecule has 2 aromatic carbocycles. The van der Waals surface area contributed by atoms with Crippen molar-refractivity contribution in [3.63, 3.8) is 0 Å². The molecule has 2 aromatic heterocycles. The minimum absolute atomic E-state index is 0.0483. The summed E-state index contributed by atoms with van der Waals surface area (Å²) in [6, 6.07) is 14.3. The highest BCUT2D eigenvalue weighted by molar-refractivity contribution is 6.08. The lowest BCUT2D eigenvalue weighted by atomic mass is 9.93. The van der Waals surface area contributed by atoms with Crippen molar-refractivity contribution in [1.82, 2.24) is 24.6 Å². The van der Waals surface area contributed by atoms with E-state index in [2.05, 4.69) is 45.3 Å². The quantitative estimate of drug-likeness (QED) is 0.403. The third-order valence-corrected chi connectivity index (χ3v) is 8.51. The van der Waals surface area contributed by atoms with Gasteiger partial charge in [0.25, 0.3) is 5.91 Å². The smallest absolute Gasteiger partial charge is 0.279 e. The van der Waals surface area contributed by atoms with E-state index in [1.807, 2.05) is 42.4 Å². The molecule has 0 saturated carbocycles. The molecular weight excluding hydrogens is 516 g/mol. The zero-order chi connectivity index (χ0) is 28.1. The number of amides is 1. The van der Waals surface area contributed by atoms with Gasteiger partial charge in [-0.05, 0) is 55.6 Å². The Kier molecular flexibility index (Phi) is 6.34. The normalized spacial score (nSPS) is 16.3. The van der Waals surface area contributed by atoms with Crippen LogP contribution in [0.5, 0.6) is 5.75 Å². The molecule has 0 spiro atoms. The van der Waals surface area contributed by atoms with Crippen molar-refractivity contribution < 1.29 is 9.53 Å². The van der Waals surface area contributed by atoms with Crippen molar-refractivity contribution in [3.8, 4) is 17.1 Å². The fourth-order valence-corrected chi connectivity index (χ4v) is 6.23. The van der Waals surface area contributed by atoms with Gasteiger partial charge in [-0.2, -0.15) is 5.10 Å². The van der Waals surface area contributed by atoms with Crippen molar-refractivity contribution in [2.45, 2.75) is 19.3 Å². The second-order valence-electron chi connectivity index (χ2n) is 11.0. The van der Waals surface area contributed by atoms with Gasteiger partial charge in [-0.1, -0.05) is 18.2 Å². The number of anilines is 4. The summed E-state index contributed by atoms with van der Waals surface area (Å²) >= 11 is 0. The molecule has 1 amide bonds. The summed E-state index contributed by atoms with van der Waals surface area (Å²) in [6.45, 7) is 4.73. The fraction of sp³-hybridized carbons (Fsp3) is 0.355. The van der Waals surface area contributed by atoms with E-state index in [0.717, 1.165) is 90.8 Å². The molecule has 0 bridgehead atoms. The third-order valence-electron chi connectivity index (χ3n) is 8.51. The van der Waals surface area contributed by atoms with E-state index in [4.69, 9.17) is 14.8 Å². The number of carbonyl (C=O) groups is 1. The van der Waals surface area contributed by atoms with E-state index in [1.54, 1.807) is 11.8 Å². The number of hydrogen-bond donors (Lipinski definition) is 1. The summed E-state index contributed by atoms with van der Waals surface area (Å²) in [6.07, 6.45) is 4.23. The van der Waals surface area contributed by atoms with E-state index in [0.29, 0.717) is 18.2 Å². The molecule has 4 aromatic rings. The van der Waals surface area contributed by atoms with Gasteiger partial charge in [-0.15, -0.1) is 0 Å². The maximum atomic E-state index is 13.7. The summed E-state index contributed by atoms with van der Waals surface area (Å²) in [5.41, 5.74) is 8.33. The number of ether oxygens (including phenoxy) is 1. The number of benzene rings is 2. The zero-order valence-corrected chi connectivity index (χ0v) is 23.7. The molecule has 1 fully saturated rings. The second-order valence-corrected chi connectivity index (χ2v) is 11.0. The Bertz CT molecular complexity index is 1640. The Morgan fingerprint density at radius 1 is 0.951 bits per heavy atom. The lowest BCUT2D eigenvalue weighted by molar-refractivity contribution is 0.0983. The van der Waals surface area contributed by atoms with E-state index in [9.17, 15) is 4.79 Å². The minimum Gasteiger partial charge on any atom is -0.494 e. The van der Waals surface area contributed by atoms with E-state index < -0.39 is 0 Å². The second kappa shape index (κ2) is 10.2. The number of piperazine rings is 1. The highest BCUT2D eigenvalue weighted by Crippen LogP contribution is 2.37. The lowest BCUT2D eigenvalue weighted by Crippen LogP contribution is -2.44. The predicted octanol–water partition coefficient (Wildman–Crippen LogP) is 3.68. The van der Waals surface area contributed by atoms with Gasteiger partial charge in [-0.3, -0.25) is 9.48 Å². The molecule has 1 aliphatic carbocycles. The first-order valence-corrected chi connectivity index (χ1v) is 14.2. The summed E-state index contributed by atoms with van der Waals surface area (Å²) in [5.74, 6) is 1.17. The van der Waals surface area contributed by atoms with Crippen LogP contribution in [0.3, 0.4) is 0 Å². The minimum atomic E-state index is -0.0483. The predicted molar refractivity (Wildman–Crippen MR) is 159 cm³/mol. The van der Waals surface area contributed by atoms with E-state index in [1.165, 1.54) is 5.56 Å². The van der Waals surface area contributed by atoms with Gasteiger partial charge in [-0.25, -0.2) is 9.97 Å². The van der Waals surface area contributed by atoms with Crippen LogP contribution in [0.1, 0.15) is 27.2 Å². The number of nitrogens with zero attached hydrogens (tertiary/aromatic N) is 7. The van der Waals surface area contributed by atoms with Crippen LogP contribution in [0.15, 0.2) is 48.7 Å². The molecule has 0 unspecified atom stereocenters. The first-order valence-electron chi connectivity index (χ1n) is 14.2. The molecule has 10 nitrogen and oxygen atoms in total. The Morgan fingerprint density at radius 3 is 2.61 bits per heavy atom. The molecule has 10 heteroatoms. The maximum absolute atomic E-state index is 13.7. The van der Waals surface area contributed by atoms with Crippen LogP contribution in [0.25, 0.3) is 11.4 Å². The van der Waals surface area contributed by atoms with Crippen molar-refractivity contribution in [1.29, 1.82) is 0 Å². The van der Waals surface area contributed by atoms with Crippen molar-refractivity contribution in [2.24, 2.45) is 7.05 Å². The van der Waals surface area contributed by atoms with Crippen molar-refractivity contribution in [3.05, 3.63) is 71.0 Å². The van der Waals surface area contributed by atoms with E-state index in [-0.39, 0.29) is 5.91 Å². The van der Waals surface area contributed by atoms with Gasteiger partial charge in [0.05, 0.1) is 24.2 Å². The number of likely N-dealkylation sites (N-methyl/N-ethyl adjacent to an activating group) is 1. The third kappa shape index (κ3) is 4.48. The number of fused-ring (bicyclic) bond motifs is 4. The largest absolute Gasteiger partial charge is 0.494 e. The van der Waals surface area contributed by atoms with Gasteiger partial charge in [0.15, 0.2) is 5.69 Å². The van der Waals surface area contributed by atoms with Crippen LogP contribution < -0.4 is 19.9 Å². The molecule has 1 saturated heterocycles. The average molecular weight is 551 g/mol. The van der Waals surface area contributed by atoms with Crippen LogP contribution in [-0.2, 0) is 26.3 Å². The fourth-order valence-electron chi connectivity index (χ4n) is 6.23. The average Bonchev–Trinajstić information content (AvgIpc) is 3.59. The van der Waals surface area contributed by atoms with Crippen molar-refractivity contribution in [2.75, 3.05) is 62.0 Å². The molecule has 2 aliphatic heterocycles. The van der Waals surface area contributed by atoms with Crippen LogP contribution in [0, 0.1) is 0 Å². The number of rotatable bonds is 5. The van der Waals surface area contributed by atoms with Gasteiger partial charge >= 0.3 is 0 Å². The number of hydrogen-bond acceptors (Lipinski definition) is 8. The van der Waals surface area contributed by atoms with Crippen LogP contribution >= 0.6 is 0 Å². The first-order chi connectivity index (χ1) is 20.0. The highest BCUT2D eigenvalue weighted by atomic mass is 16.5. The summed E-state index contributed by atoms with van der Waals surface area (Å²) in [4.78, 5) is 29.9. The zero-order valence-electron chi connectivity index (χ0n) is 23.7. The number of para-hydroxylation sites is 1. The Labute approximate surface area is 239 Å². The van der Waals surface area contributed by atoms with Crippen LogP contribution in [0.4, 0.5) is 23.0 Å². The van der Waals surface area contributed by atoms with Gasteiger partial charge < -0.3 is 24.8 Å². The van der Waals surface area contributed by atoms with Gasteiger partial charge in [0.2, 0.25) is 5.95 Å². The topological polar surface area (TPSA) is 91.7 Å². The van der Waals surface area contributed by atoms with E-state index >= 15 is 0 Å². The number of nitrogens with one attached hydrogen (secondary N) is 1. The molecular formula is C31H34N8O2. The van der Waals surface area contributed by atoms with Crippen LogP contribution in [0.2, 0.25) is 0 Å². The standard InChI is InChI=1S/C31H34N8O2/c1-36-14-16-38(17-15-36)22-9-11-24(26(18-22)41-3)33-31-32-19-21-8-10-23-28(35-37(2)29(23)27(21)34-31)30(40)39-13-12-20-6-4-5-7-25(20)39/h4-7,9,11,18-19H,8,10,12-17H2,1-3H3,(H,32,33,34). The van der Waals surface area contributed by atoms with Gasteiger partial charge in [0, 0.05) is 69.0 Å². The first kappa shape index (κ1) is 25.5. The molecule has 210 valence electrons. The monoisotopic (exact) mass is 550 g/mol. The highest BCUT2D eigenvalue weighted by Gasteiger charge is 2.33. The maximum Gasteiger partial charge on any atom is 0.279 e. The summed E-state index contributed by atoms with van der Waals surface area (Å²) in [5, 5.41) is 8.09. The molecule has 7 rings (SSSR count). The summed E-state index contributed by atoms with van der Waals surface area (Å²) in [7, 11) is 5.72. The molecule has 3 aliphatic rings. The van der Waals surface area contributed by atoms with Gasteiger partial charge in [0.1, 0.15) is 5.75 Å². The Balaban J connectivity index is 1.17. The number of aryl methyl sites for hydroxylation is 2. The molecule has 41 heavy (non-hydrogen) atoms. The molecule has 0 radical (unpaired) electrons. The Hall–Kier alpha value is -4.44. The lowest BCUT2D eigenvalue weighted by Gasteiger charge is -2.34. The number of methoxy groups -OCH3 is 1. The SMILES string of the molecule is COc1cc(N2CCN(C)CC2)ccc1Nc1ncc2c(n1)-c1c(c(C(=O)N3CCc4ccccc43)nn1C)CC2. The van der Waals surface area contributed by atoms with Crippen molar-refractivity contribution >= 4 is 28.9 Å². The molecule has 0 atom stereocenters. The molecule has 4 heterocycles.